The summed E-state index contributed by atoms with van der Waals surface area (Å²) in [5, 5.41) is 8.29. The molecule has 1 atom stereocenters. The van der Waals surface area contributed by atoms with Crippen molar-refractivity contribution in [2.24, 2.45) is 5.92 Å². The first-order valence-electron chi connectivity index (χ1n) is 6.16. The molecule has 0 heterocycles. The van der Waals surface area contributed by atoms with Gasteiger partial charge in [-0.3, -0.25) is 0 Å². The molecule has 0 saturated heterocycles. The molecule has 2 heteroatoms. The summed E-state index contributed by atoms with van der Waals surface area (Å²) in [5.41, 5.74) is 4.54. The Kier molecular flexibility index (Phi) is 3.04. The van der Waals surface area contributed by atoms with Crippen molar-refractivity contribution in [3.63, 3.8) is 0 Å². The van der Waals surface area contributed by atoms with Gasteiger partial charge in [0.15, 0.2) is 0 Å². The lowest BCUT2D eigenvalue weighted by Crippen LogP contribution is -2.12. The zero-order chi connectivity index (χ0) is 12.5. The van der Waals surface area contributed by atoms with E-state index < -0.39 is 0 Å². The Morgan fingerprint density at radius 3 is 2.56 bits per heavy atom. The van der Waals surface area contributed by atoms with Crippen LogP contribution in [0, 0.1) is 11.3 Å². The van der Waals surface area contributed by atoms with Crippen LogP contribution in [0.25, 0.3) is 0 Å². The lowest BCUT2D eigenvalue weighted by molar-refractivity contribution is 0.702. The van der Waals surface area contributed by atoms with E-state index in [1.807, 2.05) is 12.1 Å². The number of rotatable bonds is 2. The fourth-order valence-corrected chi connectivity index (χ4v) is 3.10. The molecule has 0 saturated carbocycles. The van der Waals surface area contributed by atoms with Crippen LogP contribution in [0.4, 0.5) is 0 Å². The van der Waals surface area contributed by atoms with Crippen LogP contribution in [-0.2, 0) is 12.8 Å². The molecular weight excluding hydrogens is 286 g/mol. The molecule has 0 fully saturated rings. The van der Waals surface area contributed by atoms with E-state index in [9.17, 15) is 0 Å². The molecule has 2 aromatic rings. The second-order valence-electron chi connectivity index (χ2n) is 4.77. The number of halogens is 1. The minimum absolute atomic E-state index is 0.320. The summed E-state index contributed by atoms with van der Waals surface area (Å²) >= 11 is 3.59. The molecule has 3 rings (SSSR count). The first-order chi connectivity index (χ1) is 8.75. The van der Waals surface area contributed by atoms with Crippen LogP contribution in [0.3, 0.4) is 0 Å². The molecule has 0 aromatic heterocycles. The quantitative estimate of drug-likeness (QED) is 0.858. The van der Waals surface area contributed by atoms with Gasteiger partial charge in [0.25, 0.3) is 0 Å². The van der Waals surface area contributed by atoms with Crippen LogP contribution >= 0.6 is 15.9 Å². The molecule has 1 aliphatic carbocycles. The van der Waals surface area contributed by atoms with Gasteiger partial charge in [0.1, 0.15) is 0 Å². The van der Waals surface area contributed by atoms with Gasteiger partial charge in [-0.2, -0.15) is 0 Å². The number of benzene rings is 2. The van der Waals surface area contributed by atoms with Gasteiger partial charge in [-0.15, -0.1) is 0 Å². The van der Waals surface area contributed by atoms with Crippen LogP contribution < -0.4 is 0 Å². The molecule has 2 aromatic carbocycles. The molecule has 1 nitrogen and oxygen atoms in total. The predicted octanol–water partition coefficient (Wildman–Crippen LogP) is 4.23. The highest BCUT2D eigenvalue weighted by Crippen LogP contribution is 2.30. The van der Waals surface area contributed by atoms with E-state index >= 15 is 0 Å². The predicted molar refractivity (Wildman–Crippen MR) is 78.3 cm³/mol. The maximum atomic E-state index is 8.29. The van der Waals surface area contributed by atoms with Gasteiger partial charge >= 0.3 is 0 Å². The van der Waals surface area contributed by atoms with Gasteiger partial charge in [-0.05, 0) is 35.6 Å². The van der Waals surface area contributed by atoms with E-state index in [-0.39, 0.29) is 0 Å². The molecule has 0 bridgehead atoms. The zero-order valence-electron chi connectivity index (χ0n) is 9.99. The van der Waals surface area contributed by atoms with Crippen LogP contribution in [0.1, 0.15) is 16.7 Å². The lowest BCUT2D eigenvalue weighted by atomic mass is 9.95. The van der Waals surface area contributed by atoms with Crippen LogP contribution in [0.2, 0.25) is 0 Å². The van der Waals surface area contributed by atoms with E-state index in [0.717, 1.165) is 28.6 Å². The highest BCUT2D eigenvalue weighted by atomic mass is 79.9. The van der Waals surface area contributed by atoms with Crippen molar-refractivity contribution in [2.45, 2.75) is 12.8 Å². The van der Waals surface area contributed by atoms with Crippen molar-refractivity contribution in [3.05, 3.63) is 69.7 Å². The Bertz CT molecular complexity index is 604. The van der Waals surface area contributed by atoms with Gasteiger partial charge < -0.3 is 5.41 Å². The standard InChI is InChI=1S/C16H14BrN/c17-15-8-4-2-6-12(15)10-13-9-11-5-1-3-7-14(11)16(13)18/h1-8,13,18H,9-10H2. The van der Waals surface area contributed by atoms with Crippen LogP contribution in [0.15, 0.2) is 53.0 Å². The van der Waals surface area contributed by atoms with Crippen molar-refractivity contribution in [2.75, 3.05) is 0 Å². The zero-order valence-corrected chi connectivity index (χ0v) is 11.6. The summed E-state index contributed by atoms with van der Waals surface area (Å²) in [6.45, 7) is 0. The molecule has 1 N–H and O–H groups in total. The second-order valence-corrected chi connectivity index (χ2v) is 5.62. The Morgan fingerprint density at radius 1 is 1.06 bits per heavy atom. The Hall–Kier alpha value is -1.41. The summed E-state index contributed by atoms with van der Waals surface area (Å²) in [5.74, 6) is 0.320. The summed E-state index contributed by atoms with van der Waals surface area (Å²) < 4.78 is 1.15. The topological polar surface area (TPSA) is 23.9 Å². The van der Waals surface area contributed by atoms with E-state index in [4.69, 9.17) is 5.41 Å². The molecule has 0 radical (unpaired) electrons. The summed E-state index contributed by atoms with van der Waals surface area (Å²) in [4.78, 5) is 0. The third kappa shape index (κ3) is 2.01. The third-order valence-electron chi connectivity index (χ3n) is 3.61. The minimum atomic E-state index is 0.320. The fourth-order valence-electron chi connectivity index (χ4n) is 2.65. The highest BCUT2D eigenvalue weighted by molar-refractivity contribution is 9.10. The highest BCUT2D eigenvalue weighted by Gasteiger charge is 2.27. The van der Waals surface area contributed by atoms with E-state index in [1.54, 1.807) is 0 Å². The Labute approximate surface area is 115 Å². The number of hydrogen-bond donors (Lipinski definition) is 1. The van der Waals surface area contributed by atoms with E-state index in [1.165, 1.54) is 11.1 Å². The van der Waals surface area contributed by atoms with Gasteiger partial charge in [-0.1, -0.05) is 58.4 Å². The number of hydrogen-bond acceptors (Lipinski definition) is 1. The average Bonchev–Trinajstić information content (AvgIpc) is 2.70. The largest absolute Gasteiger partial charge is 0.304 e. The first-order valence-corrected chi connectivity index (χ1v) is 6.95. The summed E-state index contributed by atoms with van der Waals surface area (Å²) in [7, 11) is 0. The molecule has 0 spiro atoms. The van der Waals surface area contributed by atoms with E-state index in [0.29, 0.717) is 5.92 Å². The SMILES string of the molecule is N=C1c2ccccc2CC1Cc1ccccc1Br. The third-order valence-corrected chi connectivity index (χ3v) is 4.38. The monoisotopic (exact) mass is 299 g/mol. The van der Waals surface area contributed by atoms with Crippen LogP contribution in [-0.4, -0.2) is 5.71 Å². The Balaban J connectivity index is 1.86. The van der Waals surface area contributed by atoms with E-state index in [2.05, 4.69) is 52.3 Å². The fraction of sp³-hybridized carbons (Fsp3) is 0.188. The van der Waals surface area contributed by atoms with Gasteiger partial charge in [0.2, 0.25) is 0 Å². The normalized spacial score (nSPS) is 17.8. The summed E-state index contributed by atoms with van der Waals surface area (Å²) in [6, 6.07) is 16.6. The van der Waals surface area contributed by atoms with Crippen molar-refractivity contribution < 1.29 is 0 Å². The maximum Gasteiger partial charge on any atom is 0.0426 e. The van der Waals surface area contributed by atoms with Gasteiger partial charge in [0, 0.05) is 16.1 Å². The molecular formula is C16H14BrN. The molecule has 90 valence electrons. The number of nitrogens with one attached hydrogen (secondary N) is 1. The van der Waals surface area contributed by atoms with Crippen molar-refractivity contribution >= 4 is 21.6 Å². The smallest absolute Gasteiger partial charge is 0.0426 e. The Morgan fingerprint density at radius 2 is 1.78 bits per heavy atom. The molecule has 0 amide bonds. The molecule has 1 unspecified atom stereocenters. The van der Waals surface area contributed by atoms with Gasteiger partial charge in [-0.25, -0.2) is 0 Å². The average molecular weight is 300 g/mol. The lowest BCUT2D eigenvalue weighted by Gasteiger charge is -2.11. The first kappa shape index (κ1) is 11.7. The minimum Gasteiger partial charge on any atom is -0.304 e. The molecule has 18 heavy (non-hydrogen) atoms. The van der Waals surface area contributed by atoms with Crippen molar-refractivity contribution in [1.82, 2.24) is 0 Å². The van der Waals surface area contributed by atoms with Crippen molar-refractivity contribution in [1.29, 1.82) is 5.41 Å². The molecule has 1 aliphatic rings. The second kappa shape index (κ2) is 4.69. The molecule has 0 aliphatic heterocycles. The van der Waals surface area contributed by atoms with Crippen molar-refractivity contribution in [3.8, 4) is 0 Å². The number of fused-ring (bicyclic) bond motifs is 1. The van der Waals surface area contributed by atoms with Crippen LogP contribution in [0.5, 0.6) is 0 Å². The van der Waals surface area contributed by atoms with Gasteiger partial charge in [0.05, 0.1) is 0 Å². The maximum absolute atomic E-state index is 8.29. The summed E-state index contributed by atoms with van der Waals surface area (Å²) in [6.07, 6.45) is 1.94.